The summed E-state index contributed by atoms with van der Waals surface area (Å²) in [6, 6.07) is 4.09. The van der Waals surface area contributed by atoms with E-state index in [4.69, 9.17) is 4.74 Å². The van der Waals surface area contributed by atoms with Crippen LogP contribution in [0.25, 0.3) is 0 Å². The Hall–Kier alpha value is -1.78. The lowest BCUT2D eigenvalue weighted by Crippen LogP contribution is -2.33. The molecule has 32 heavy (non-hydrogen) atoms. The summed E-state index contributed by atoms with van der Waals surface area (Å²) in [6.07, 6.45) is 3.95. The molecule has 1 aliphatic rings. The molecule has 7 nitrogen and oxygen atoms in total. The zero-order valence-electron chi connectivity index (χ0n) is 18.8. The SMILES string of the molecule is CCOC(=O)Cn1ncc2c1CCCC2N(C)S(=O)(=O)c1cc(Br)cc(C(C)(F)CC)c1. The van der Waals surface area contributed by atoms with E-state index >= 15 is 0 Å². The van der Waals surface area contributed by atoms with Crippen molar-refractivity contribution in [2.75, 3.05) is 13.7 Å². The van der Waals surface area contributed by atoms with Crippen LogP contribution in [-0.4, -0.2) is 42.1 Å². The van der Waals surface area contributed by atoms with Crippen LogP contribution >= 0.6 is 15.9 Å². The first-order chi connectivity index (χ1) is 15.0. The highest BCUT2D eigenvalue weighted by Gasteiger charge is 2.35. The molecule has 0 aliphatic heterocycles. The van der Waals surface area contributed by atoms with Crippen molar-refractivity contribution in [1.29, 1.82) is 0 Å². The third-order valence-corrected chi connectivity index (χ3v) is 8.37. The van der Waals surface area contributed by atoms with E-state index < -0.39 is 21.7 Å². The Morgan fingerprint density at radius 1 is 1.38 bits per heavy atom. The molecule has 1 aromatic heterocycles. The Balaban J connectivity index is 1.94. The fourth-order valence-electron chi connectivity index (χ4n) is 3.99. The second-order valence-corrected chi connectivity index (χ2v) is 11.1. The van der Waals surface area contributed by atoms with E-state index in [1.807, 2.05) is 0 Å². The smallest absolute Gasteiger partial charge is 0.327 e. The molecule has 0 amide bonds. The van der Waals surface area contributed by atoms with Gasteiger partial charge in [-0.1, -0.05) is 22.9 Å². The van der Waals surface area contributed by atoms with Gasteiger partial charge >= 0.3 is 5.97 Å². The molecule has 0 spiro atoms. The number of ether oxygens (including phenoxy) is 1. The van der Waals surface area contributed by atoms with Gasteiger partial charge in [0.25, 0.3) is 0 Å². The minimum Gasteiger partial charge on any atom is -0.465 e. The van der Waals surface area contributed by atoms with Crippen molar-refractivity contribution in [3.8, 4) is 0 Å². The summed E-state index contributed by atoms with van der Waals surface area (Å²) in [5.41, 5.74) is 0.297. The van der Waals surface area contributed by atoms with Crippen LogP contribution in [0.5, 0.6) is 0 Å². The molecule has 3 rings (SSSR count). The maximum Gasteiger partial charge on any atom is 0.327 e. The molecule has 176 valence electrons. The first kappa shape index (κ1) is 24.9. The lowest BCUT2D eigenvalue weighted by Gasteiger charge is -2.31. The van der Waals surface area contributed by atoms with Crippen molar-refractivity contribution in [3.05, 3.63) is 45.7 Å². The maximum absolute atomic E-state index is 14.9. The number of benzene rings is 1. The molecule has 0 saturated heterocycles. The van der Waals surface area contributed by atoms with Crippen LogP contribution in [0.2, 0.25) is 0 Å². The van der Waals surface area contributed by atoms with Crippen LogP contribution in [0.1, 0.15) is 62.9 Å². The molecule has 0 radical (unpaired) electrons. The number of aromatic nitrogens is 2. The summed E-state index contributed by atoms with van der Waals surface area (Å²) < 4.78 is 50.4. The Labute approximate surface area is 197 Å². The van der Waals surface area contributed by atoms with E-state index in [2.05, 4.69) is 21.0 Å². The van der Waals surface area contributed by atoms with Crippen LogP contribution in [0, 0.1) is 0 Å². The molecule has 1 aromatic carbocycles. The van der Waals surface area contributed by atoms with E-state index in [-0.39, 0.29) is 30.4 Å². The lowest BCUT2D eigenvalue weighted by atomic mass is 9.93. The second kappa shape index (κ2) is 9.61. The summed E-state index contributed by atoms with van der Waals surface area (Å²) in [5, 5.41) is 4.32. The fraction of sp³-hybridized carbons (Fsp3) is 0.545. The zero-order chi connectivity index (χ0) is 23.7. The highest BCUT2D eigenvalue weighted by molar-refractivity contribution is 9.10. The quantitative estimate of drug-likeness (QED) is 0.470. The Bertz CT molecular complexity index is 1100. The third kappa shape index (κ3) is 4.92. The molecule has 0 fully saturated rings. The third-order valence-electron chi connectivity index (χ3n) is 6.07. The summed E-state index contributed by atoms with van der Waals surface area (Å²) in [4.78, 5) is 11.9. The number of alkyl halides is 1. The number of halogens is 2. The van der Waals surface area contributed by atoms with Crippen LogP contribution in [0.4, 0.5) is 4.39 Å². The first-order valence-corrected chi connectivity index (χ1v) is 12.9. The minimum absolute atomic E-state index is 0.00650. The maximum atomic E-state index is 14.9. The molecule has 0 bridgehead atoms. The number of hydrogen-bond donors (Lipinski definition) is 0. The number of esters is 1. The minimum atomic E-state index is -3.91. The van der Waals surface area contributed by atoms with Crippen LogP contribution in [-0.2, 0) is 38.2 Å². The second-order valence-electron chi connectivity index (χ2n) is 8.17. The predicted octanol–water partition coefficient (Wildman–Crippen LogP) is 4.50. The van der Waals surface area contributed by atoms with Crippen molar-refractivity contribution in [2.45, 2.75) is 69.6 Å². The summed E-state index contributed by atoms with van der Waals surface area (Å²) >= 11 is 3.33. The van der Waals surface area contributed by atoms with Gasteiger partial charge < -0.3 is 4.74 Å². The van der Waals surface area contributed by atoms with Gasteiger partial charge in [-0.15, -0.1) is 0 Å². The van der Waals surface area contributed by atoms with Gasteiger partial charge in [-0.3, -0.25) is 9.48 Å². The van der Waals surface area contributed by atoms with E-state index in [1.165, 1.54) is 30.4 Å². The zero-order valence-corrected chi connectivity index (χ0v) is 21.2. The van der Waals surface area contributed by atoms with Crippen molar-refractivity contribution in [1.82, 2.24) is 14.1 Å². The summed E-state index contributed by atoms with van der Waals surface area (Å²) in [6.45, 7) is 5.19. The van der Waals surface area contributed by atoms with E-state index in [0.29, 0.717) is 22.9 Å². The fourth-order valence-corrected chi connectivity index (χ4v) is 6.07. The van der Waals surface area contributed by atoms with Crippen molar-refractivity contribution in [2.24, 2.45) is 0 Å². The van der Waals surface area contributed by atoms with Gasteiger partial charge in [0.1, 0.15) is 12.2 Å². The van der Waals surface area contributed by atoms with Gasteiger partial charge in [0, 0.05) is 22.8 Å². The molecule has 2 atom stereocenters. The van der Waals surface area contributed by atoms with Gasteiger partial charge in [0.15, 0.2) is 0 Å². The molecule has 0 saturated carbocycles. The number of fused-ring (bicyclic) bond motifs is 1. The summed E-state index contributed by atoms with van der Waals surface area (Å²) in [7, 11) is -2.37. The van der Waals surface area contributed by atoms with Crippen molar-refractivity contribution < 1.29 is 22.3 Å². The van der Waals surface area contributed by atoms with Gasteiger partial charge in [-0.2, -0.15) is 9.40 Å². The van der Waals surface area contributed by atoms with Crippen LogP contribution < -0.4 is 0 Å². The van der Waals surface area contributed by atoms with Crippen molar-refractivity contribution in [3.63, 3.8) is 0 Å². The molecule has 0 N–H and O–H groups in total. The molecular weight excluding hydrogens is 501 g/mol. The van der Waals surface area contributed by atoms with Gasteiger partial charge in [0.2, 0.25) is 10.0 Å². The average Bonchev–Trinajstić information content (AvgIpc) is 3.15. The number of carbonyl (C=O) groups is 1. The molecule has 1 aliphatic carbocycles. The molecule has 2 aromatic rings. The van der Waals surface area contributed by atoms with Crippen LogP contribution in [0.3, 0.4) is 0 Å². The van der Waals surface area contributed by atoms with Crippen LogP contribution in [0.15, 0.2) is 33.8 Å². The molecular formula is C22H29BrFN3O4S. The topological polar surface area (TPSA) is 81.5 Å². The Kier molecular flexibility index (Phi) is 7.46. The summed E-state index contributed by atoms with van der Waals surface area (Å²) in [5.74, 6) is -0.381. The first-order valence-electron chi connectivity index (χ1n) is 10.7. The molecule has 1 heterocycles. The van der Waals surface area contributed by atoms with E-state index in [1.54, 1.807) is 30.8 Å². The number of carbonyl (C=O) groups excluding carboxylic acids is 1. The highest BCUT2D eigenvalue weighted by Crippen LogP contribution is 2.38. The van der Waals surface area contributed by atoms with Crippen molar-refractivity contribution >= 4 is 31.9 Å². The molecule has 10 heteroatoms. The number of hydrogen-bond acceptors (Lipinski definition) is 5. The normalized spacial score (nSPS) is 18.3. The van der Waals surface area contributed by atoms with Gasteiger partial charge in [-0.25, -0.2) is 12.8 Å². The van der Waals surface area contributed by atoms with Gasteiger partial charge in [0.05, 0.1) is 23.7 Å². The Morgan fingerprint density at radius 3 is 2.75 bits per heavy atom. The number of sulfonamides is 1. The number of nitrogens with zero attached hydrogens (tertiary/aromatic N) is 3. The van der Waals surface area contributed by atoms with E-state index in [0.717, 1.165) is 17.7 Å². The Morgan fingerprint density at radius 2 is 2.09 bits per heavy atom. The van der Waals surface area contributed by atoms with Gasteiger partial charge in [-0.05, 0) is 63.3 Å². The lowest BCUT2D eigenvalue weighted by molar-refractivity contribution is -0.144. The number of rotatable bonds is 8. The van der Waals surface area contributed by atoms with E-state index in [9.17, 15) is 17.6 Å². The largest absolute Gasteiger partial charge is 0.465 e. The predicted molar refractivity (Wildman–Crippen MR) is 122 cm³/mol. The molecule has 2 unspecified atom stereocenters. The average molecular weight is 530 g/mol. The monoisotopic (exact) mass is 529 g/mol. The highest BCUT2D eigenvalue weighted by atomic mass is 79.9. The standard InChI is InChI=1S/C22H29BrFN3O4S/c1-5-22(3,24)15-10-16(23)12-17(11-15)32(29,30)26(4)19-8-7-9-20-18(19)13-25-27(20)14-21(28)31-6-2/h10-13,19H,5-9,14H2,1-4H3.